The van der Waals surface area contributed by atoms with Gasteiger partial charge in [-0.15, -0.1) is 0 Å². The summed E-state index contributed by atoms with van der Waals surface area (Å²) in [5, 5.41) is 20.4. The highest BCUT2D eigenvalue weighted by Crippen LogP contribution is 2.41. The van der Waals surface area contributed by atoms with Crippen LogP contribution in [0.4, 0.5) is 15.3 Å². The number of hydrogen-bond donors (Lipinski definition) is 5. The van der Waals surface area contributed by atoms with Crippen LogP contribution in [0.25, 0.3) is 22.3 Å². The van der Waals surface area contributed by atoms with Crippen LogP contribution in [-0.4, -0.2) is 112 Å². The van der Waals surface area contributed by atoms with Crippen LogP contribution in [-0.2, 0) is 71.6 Å². The van der Waals surface area contributed by atoms with E-state index in [1.54, 1.807) is 80.9 Å². The second kappa shape index (κ2) is 24.6. The predicted molar refractivity (Wildman–Crippen MR) is 282 cm³/mol. The number of aryl methyl sites for hydroxylation is 1. The summed E-state index contributed by atoms with van der Waals surface area (Å²) >= 11 is 0. The summed E-state index contributed by atoms with van der Waals surface area (Å²) in [6.07, 6.45) is 0.0863. The molecule has 402 valence electrons. The number of nitrogens with one attached hydrogen (secondary N) is 3. The van der Waals surface area contributed by atoms with E-state index in [1.165, 1.54) is 16.8 Å². The van der Waals surface area contributed by atoms with Gasteiger partial charge in [0.2, 0.25) is 17.7 Å². The van der Waals surface area contributed by atoms with Gasteiger partial charge in [-0.1, -0.05) is 70.2 Å². The molecule has 7 rings (SSSR count). The van der Waals surface area contributed by atoms with Crippen LogP contribution < -0.4 is 32.0 Å². The van der Waals surface area contributed by atoms with Gasteiger partial charge in [-0.05, 0) is 85.3 Å². The second-order valence-corrected chi connectivity index (χ2v) is 19.4. The van der Waals surface area contributed by atoms with Crippen molar-refractivity contribution in [3.05, 3.63) is 123 Å². The van der Waals surface area contributed by atoms with Crippen molar-refractivity contribution in [2.24, 2.45) is 11.7 Å². The van der Waals surface area contributed by atoms with Crippen LogP contribution in [0.2, 0.25) is 0 Å². The number of amides is 5. The lowest BCUT2D eigenvalue weighted by Crippen LogP contribution is -2.53. The predicted octanol–water partition coefficient (Wildman–Crippen LogP) is 5.24. The molecule has 0 fully saturated rings. The molecule has 0 saturated carbocycles. The first-order chi connectivity index (χ1) is 36.3. The first-order valence-electron chi connectivity index (χ1n) is 25.5. The molecule has 2 aromatic heterocycles. The van der Waals surface area contributed by atoms with Gasteiger partial charge in [0.25, 0.3) is 5.56 Å². The van der Waals surface area contributed by atoms with Gasteiger partial charge >= 0.3 is 18.2 Å². The standard InChI is InChI=1S/C56H66N8O12/c1-7-38-39-28-37(20-21-43(39)60-49-40(38)30-64-46(49)29-42-41(52(64)69)32-74-53(70)56(42,73)8-2)76-55(72)63(6)26-25-62(5)54(71)75-31-35-16-18-36(19-17-35)58-50(67)44(15-12-24-57)61-51(68)45(27-34-13-10-9-11-14-34)59-48(66)23-22-47(65)33(3)4/h9-11,13-14,16-21,28-29,33,44-45,73H,7-8,12,15,22-27,30-32,57H2,1-6H3,(H,58,67)(H,59,66)(H,61,68)/t44-,45-,56-/m0/s1. The number of likely N-dealkylation sites (N-methyl/N-ethyl adjacent to an activating group) is 2. The second-order valence-electron chi connectivity index (χ2n) is 19.4. The number of anilines is 1. The van der Waals surface area contributed by atoms with E-state index in [2.05, 4.69) is 16.0 Å². The number of rotatable bonds is 22. The molecule has 76 heavy (non-hydrogen) atoms. The molecule has 0 bridgehead atoms. The molecule has 6 N–H and O–H groups in total. The summed E-state index contributed by atoms with van der Waals surface area (Å²) < 4.78 is 18.1. The van der Waals surface area contributed by atoms with E-state index in [4.69, 9.17) is 24.9 Å². The Hall–Kier alpha value is -7.97. The molecular formula is C56H66N8O12. The lowest BCUT2D eigenvalue weighted by Gasteiger charge is -2.31. The van der Waals surface area contributed by atoms with Gasteiger partial charge in [-0.3, -0.25) is 24.0 Å². The molecule has 5 amide bonds. The maximum Gasteiger partial charge on any atom is 0.415 e. The number of aliphatic hydroxyl groups is 1. The average molecular weight is 1040 g/mol. The zero-order chi connectivity index (χ0) is 54.8. The van der Waals surface area contributed by atoms with Crippen molar-refractivity contribution in [2.75, 3.05) is 39.0 Å². The van der Waals surface area contributed by atoms with Gasteiger partial charge in [0, 0.05) is 74.6 Å². The van der Waals surface area contributed by atoms with Gasteiger partial charge in [0.1, 0.15) is 36.8 Å². The van der Waals surface area contributed by atoms with E-state index >= 15 is 0 Å². The molecule has 20 nitrogen and oxygen atoms in total. The quantitative estimate of drug-likeness (QED) is 0.0545. The summed E-state index contributed by atoms with van der Waals surface area (Å²) in [6, 6.07) is 20.5. The van der Waals surface area contributed by atoms with Crippen molar-refractivity contribution < 1.29 is 52.9 Å². The summed E-state index contributed by atoms with van der Waals surface area (Å²) in [5.74, 6) is -2.32. The number of hydrogen-bond acceptors (Lipinski definition) is 14. The Morgan fingerprint density at radius 2 is 1.57 bits per heavy atom. The number of pyridine rings is 2. The molecule has 2 aliphatic rings. The fourth-order valence-corrected chi connectivity index (χ4v) is 9.15. The van der Waals surface area contributed by atoms with Crippen LogP contribution in [0.15, 0.2) is 83.7 Å². The van der Waals surface area contributed by atoms with Crippen molar-refractivity contribution >= 4 is 58.3 Å². The van der Waals surface area contributed by atoms with Gasteiger partial charge in [0.15, 0.2) is 5.60 Å². The minimum atomic E-state index is -1.94. The Balaban J connectivity index is 0.900. The molecule has 0 unspecified atom stereocenters. The van der Waals surface area contributed by atoms with Crippen LogP contribution in [0.3, 0.4) is 0 Å². The first-order valence-corrected chi connectivity index (χ1v) is 25.5. The maximum absolute atomic E-state index is 13.7. The fourth-order valence-electron chi connectivity index (χ4n) is 9.15. The van der Waals surface area contributed by atoms with Crippen molar-refractivity contribution in [1.29, 1.82) is 0 Å². The number of cyclic esters (lactones) is 1. The van der Waals surface area contributed by atoms with E-state index in [-0.39, 0.29) is 106 Å². The molecule has 20 heteroatoms. The Morgan fingerprint density at radius 1 is 0.855 bits per heavy atom. The zero-order valence-electron chi connectivity index (χ0n) is 43.7. The smallest absolute Gasteiger partial charge is 0.415 e. The van der Waals surface area contributed by atoms with Gasteiger partial charge < -0.3 is 55.4 Å². The van der Waals surface area contributed by atoms with E-state index in [0.717, 1.165) is 22.1 Å². The fraction of sp³-hybridized carbons (Fsp3) is 0.411. The Morgan fingerprint density at radius 3 is 2.24 bits per heavy atom. The van der Waals surface area contributed by atoms with Crippen molar-refractivity contribution in [1.82, 2.24) is 30.0 Å². The van der Waals surface area contributed by atoms with Crippen molar-refractivity contribution in [3.8, 4) is 17.1 Å². The van der Waals surface area contributed by atoms with Gasteiger partial charge in [-0.25, -0.2) is 19.4 Å². The van der Waals surface area contributed by atoms with E-state index < -0.39 is 53.6 Å². The molecular weight excluding hydrogens is 977 g/mol. The molecule has 0 aliphatic carbocycles. The van der Waals surface area contributed by atoms with Gasteiger partial charge in [0.05, 0.1) is 29.0 Å². The van der Waals surface area contributed by atoms with Crippen LogP contribution in [0, 0.1) is 5.92 Å². The number of carbonyl (C=O) groups excluding carboxylic acids is 7. The van der Waals surface area contributed by atoms with E-state index in [1.807, 2.05) is 37.3 Å². The third-order valence-electron chi connectivity index (χ3n) is 13.8. The van der Waals surface area contributed by atoms with Crippen molar-refractivity contribution in [2.45, 2.75) is 110 Å². The number of nitrogens with two attached hydrogens (primary N) is 1. The average Bonchev–Trinajstić information content (AvgIpc) is 3.83. The lowest BCUT2D eigenvalue weighted by atomic mass is 9.86. The summed E-state index contributed by atoms with van der Waals surface area (Å²) in [7, 11) is 3.08. The first kappa shape index (κ1) is 55.8. The van der Waals surface area contributed by atoms with E-state index in [0.29, 0.717) is 41.0 Å². The lowest BCUT2D eigenvalue weighted by molar-refractivity contribution is -0.172. The minimum absolute atomic E-state index is 0.0319. The molecule has 3 atom stereocenters. The third-order valence-corrected chi connectivity index (χ3v) is 13.8. The highest BCUT2D eigenvalue weighted by atomic mass is 16.6. The number of aromatic nitrogens is 2. The third kappa shape index (κ3) is 12.7. The number of benzene rings is 3. The maximum atomic E-state index is 13.7. The summed E-state index contributed by atoms with van der Waals surface area (Å²) in [4.78, 5) is 113. The number of Topliss-reactive ketones (excluding diaryl/α,β-unsaturated/α-hetero) is 1. The SMILES string of the molecule is CCc1c2c(nc3ccc(OC(=O)N(C)CCN(C)C(=O)OCc4ccc(NC(=O)[C@H](CCCN)NC(=O)[C@H](Cc5ccccc5)NC(=O)CCC(=O)C(C)C)cc4)cc13)-c1cc3c(c(=O)n1C2)COC(=O)[C@]3(O)CC. The van der Waals surface area contributed by atoms with Gasteiger partial charge in [-0.2, -0.15) is 0 Å². The normalized spacial score (nSPS) is 15.1. The number of nitrogens with zero attached hydrogens (tertiary/aromatic N) is 4. The topological polar surface area (TPSA) is 271 Å². The molecule has 0 radical (unpaired) electrons. The number of ketones is 1. The monoisotopic (exact) mass is 1040 g/mol. The molecule has 4 heterocycles. The van der Waals surface area contributed by atoms with Crippen LogP contribution in [0.5, 0.6) is 5.75 Å². The Kier molecular flexibility index (Phi) is 18.0. The molecule has 2 aliphatic heterocycles. The molecule has 0 spiro atoms. The number of carbonyl (C=O) groups is 7. The molecule has 0 saturated heterocycles. The summed E-state index contributed by atoms with van der Waals surface area (Å²) in [6.45, 7) is 7.55. The Labute approximate surface area is 440 Å². The number of esters is 1. The minimum Gasteiger partial charge on any atom is -0.458 e. The highest BCUT2D eigenvalue weighted by Gasteiger charge is 2.45. The summed E-state index contributed by atoms with van der Waals surface area (Å²) in [5.41, 5.74) is 9.17. The highest BCUT2D eigenvalue weighted by molar-refractivity contribution is 5.99. The largest absolute Gasteiger partial charge is 0.458 e. The van der Waals surface area contributed by atoms with Crippen molar-refractivity contribution in [3.63, 3.8) is 0 Å². The van der Waals surface area contributed by atoms with E-state index in [9.17, 15) is 43.5 Å². The number of ether oxygens (including phenoxy) is 3. The molecule has 5 aromatic rings. The Bertz CT molecular complexity index is 3070. The van der Waals surface area contributed by atoms with Crippen LogP contribution in [0.1, 0.15) is 93.2 Å². The number of fused-ring (bicyclic) bond motifs is 5. The zero-order valence-corrected chi connectivity index (χ0v) is 43.7. The van der Waals surface area contributed by atoms with Crippen LogP contribution >= 0.6 is 0 Å². The molecule has 3 aromatic carbocycles.